The minimum atomic E-state index is -1.15. The lowest BCUT2D eigenvalue weighted by Gasteiger charge is -2.18. The van der Waals surface area contributed by atoms with Gasteiger partial charge in [0, 0.05) is 12.0 Å². The zero-order valence-corrected chi connectivity index (χ0v) is 11.0. The lowest BCUT2D eigenvalue weighted by atomic mass is 10.0. The van der Waals surface area contributed by atoms with Gasteiger partial charge in [0.25, 0.3) is 0 Å². The van der Waals surface area contributed by atoms with Crippen LogP contribution in [0.25, 0.3) is 0 Å². The molecule has 0 saturated heterocycles. The molecule has 0 radical (unpaired) electrons. The maximum absolute atomic E-state index is 11.4. The Kier molecular flexibility index (Phi) is 6.70. The molecule has 0 rings (SSSR count). The summed E-state index contributed by atoms with van der Waals surface area (Å²) in [7, 11) is 2.42. The van der Waals surface area contributed by atoms with Crippen LogP contribution in [0.3, 0.4) is 0 Å². The van der Waals surface area contributed by atoms with Crippen LogP contribution in [0.1, 0.15) is 20.3 Å². The van der Waals surface area contributed by atoms with E-state index in [4.69, 9.17) is 4.74 Å². The molecule has 0 aromatic heterocycles. The third kappa shape index (κ3) is 4.99. The molecule has 6 heteroatoms. The van der Waals surface area contributed by atoms with Crippen LogP contribution in [0, 0.1) is 5.92 Å². The number of esters is 3. The Labute approximate surface area is 106 Å². The summed E-state index contributed by atoms with van der Waals surface area (Å²) < 4.78 is 13.9. The summed E-state index contributed by atoms with van der Waals surface area (Å²) in [6.07, 6.45) is -1.15. The molecule has 0 aromatic carbocycles. The molecule has 0 bridgehead atoms. The molecule has 0 aliphatic carbocycles. The van der Waals surface area contributed by atoms with E-state index in [9.17, 15) is 14.4 Å². The summed E-state index contributed by atoms with van der Waals surface area (Å²) in [6.45, 7) is 6.43. The second-order valence-corrected chi connectivity index (χ2v) is 3.86. The Morgan fingerprint density at radius 3 is 2.00 bits per heavy atom. The Bertz CT molecular complexity index is 346. The van der Waals surface area contributed by atoms with Gasteiger partial charge in [-0.3, -0.25) is 4.79 Å². The van der Waals surface area contributed by atoms with Crippen LogP contribution in [0.5, 0.6) is 0 Å². The molecule has 6 nitrogen and oxygen atoms in total. The van der Waals surface area contributed by atoms with Gasteiger partial charge in [-0.05, 0) is 6.92 Å². The molecule has 0 aliphatic heterocycles. The van der Waals surface area contributed by atoms with Gasteiger partial charge < -0.3 is 14.2 Å². The van der Waals surface area contributed by atoms with Gasteiger partial charge in [0.1, 0.15) is 0 Å². The molecule has 0 aliphatic rings. The summed E-state index contributed by atoms with van der Waals surface area (Å²) in [5.74, 6) is -2.50. The van der Waals surface area contributed by atoms with Crippen LogP contribution in [0.4, 0.5) is 0 Å². The highest BCUT2D eigenvalue weighted by molar-refractivity contribution is 5.89. The fraction of sp³-hybridized carbons (Fsp3) is 0.583. The quantitative estimate of drug-likeness (QED) is 0.399. The largest absolute Gasteiger partial charge is 0.469 e. The molecule has 0 aromatic rings. The highest BCUT2D eigenvalue weighted by Gasteiger charge is 2.29. The molecule has 0 amide bonds. The fourth-order valence-electron chi connectivity index (χ4n) is 1.17. The molecule has 102 valence electrons. The number of hydrogen-bond donors (Lipinski definition) is 0. The van der Waals surface area contributed by atoms with Crippen molar-refractivity contribution in [1.82, 2.24) is 0 Å². The van der Waals surface area contributed by atoms with Gasteiger partial charge in [0.05, 0.1) is 20.1 Å². The highest BCUT2D eigenvalue weighted by atomic mass is 16.6. The van der Waals surface area contributed by atoms with E-state index in [1.54, 1.807) is 6.92 Å². The Balaban J connectivity index is 4.70. The SMILES string of the molecule is C=C(C)C(=O)OC(CC(C)C(=O)OC)C(=O)OC. The zero-order valence-electron chi connectivity index (χ0n) is 11.0. The molecule has 0 saturated carbocycles. The lowest BCUT2D eigenvalue weighted by Crippen LogP contribution is -2.32. The number of carbonyl (C=O) groups excluding carboxylic acids is 3. The van der Waals surface area contributed by atoms with E-state index >= 15 is 0 Å². The minimum absolute atomic E-state index is 0.00162. The van der Waals surface area contributed by atoms with E-state index < -0.39 is 29.9 Å². The topological polar surface area (TPSA) is 78.9 Å². The summed E-state index contributed by atoms with van der Waals surface area (Å²) in [5.41, 5.74) is 0.162. The Morgan fingerprint density at radius 2 is 1.61 bits per heavy atom. The standard InChI is InChI=1S/C12H18O6/c1-7(2)10(13)18-9(12(15)17-5)6-8(3)11(14)16-4/h8-9H,1,6H2,2-5H3. The average Bonchev–Trinajstić information content (AvgIpc) is 2.35. The van der Waals surface area contributed by atoms with E-state index in [0.717, 1.165) is 0 Å². The van der Waals surface area contributed by atoms with Gasteiger partial charge in [-0.2, -0.15) is 0 Å². The maximum Gasteiger partial charge on any atom is 0.347 e. The van der Waals surface area contributed by atoms with Crippen LogP contribution < -0.4 is 0 Å². The molecule has 0 spiro atoms. The zero-order chi connectivity index (χ0) is 14.3. The van der Waals surface area contributed by atoms with Crippen molar-refractivity contribution in [3.8, 4) is 0 Å². The second kappa shape index (κ2) is 7.47. The number of ether oxygens (including phenoxy) is 3. The highest BCUT2D eigenvalue weighted by Crippen LogP contribution is 2.13. The van der Waals surface area contributed by atoms with Crippen molar-refractivity contribution in [1.29, 1.82) is 0 Å². The van der Waals surface area contributed by atoms with Crippen LogP contribution in [0.2, 0.25) is 0 Å². The summed E-state index contributed by atoms with van der Waals surface area (Å²) in [5, 5.41) is 0. The van der Waals surface area contributed by atoms with Crippen LogP contribution in [-0.2, 0) is 28.6 Å². The minimum Gasteiger partial charge on any atom is -0.469 e. The summed E-state index contributed by atoms with van der Waals surface area (Å²) in [4.78, 5) is 34.0. The van der Waals surface area contributed by atoms with Gasteiger partial charge in [-0.25, -0.2) is 9.59 Å². The number of hydrogen-bond acceptors (Lipinski definition) is 6. The summed E-state index contributed by atoms with van der Waals surface area (Å²) >= 11 is 0. The van der Waals surface area contributed by atoms with Crippen molar-refractivity contribution in [3.63, 3.8) is 0 Å². The van der Waals surface area contributed by atoms with Crippen molar-refractivity contribution >= 4 is 17.9 Å². The molecule has 0 heterocycles. The smallest absolute Gasteiger partial charge is 0.347 e. The first kappa shape index (κ1) is 16.1. The molecule has 2 atom stereocenters. The maximum atomic E-state index is 11.4. The van der Waals surface area contributed by atoms with Gasteiger partial charge in [-0.15, -0.1) is 0 Å². The van der Waals surface area contributed by atoms with E-state index in [0.29, 0.717) is 0 Å². The molecule has 0 fully saturated rings. The predicted octanol–water partition coefficient (Wildman–Crippen LogP) is 0.846. The molecule has 18 heavy (non-hydrogen) atoms. The van der Waals surface area contributed by atoms with Gasteiger partial charge in [-0.1, -0.05) is 13.5 Å². The normalized spacial score (nSPS) is 13.1. The molecule has 0 N–H and O–H groups in total. The lowest BCUT2D eigenvalue weighted by molar-refractivity contribution is -0.166. The van der Waals surface area contributed by atoms with Crippen LogP contribution in [0.15, 0.2) is 12.2 Å². The van der Waals surface area contributed by atoms with E-state index in [1.807, 2.05) is 0 Å². The predicted molar refractivity (Wildman–Crippen MR) is 62.5 cm³/mol. The number of rotatable bonds is 6. The van der Waals surface area contributed by atoms with Crippen LogP contribution >= 0.6 is 0 Å². The second-order valence-electron chi connectivity index (χ2n) is 3.86. The van der Waals surface area contributed by atoms with Gasteiger partial charge in [0.15, 0.2) is 6.10 Å². The third-order valence-electron chi connectivity index (χ3n) is 2.23. The number of carbonyl (C=O) groups is 3. The first-order chi connectivity index (χ1) is 8.33. The fourth-order valence-corrected chi connectivity index (χ4v) is 1.17. The van der Waals surface area contributed by atoms with Crippen LogP contribution in [-0.4, -0.2) is 38.2 Å². The van der Waals surface area contributed by atoms with Crippen molar-refractivity contribution in [2.24, 2.45) is 5.92 Å². The van der Waals surface area contributed by atoms with Gasteiger partial charge >= 0.3 is 17.9 Å². The summed E-state index contributed by atoms with van der Waals surface area (Å²) in [6, 6.07) is 0. The Morgan fingerprint density at radius 1 is 1.11 bits per heavy atom. The Hall–Kier alpha value is -1.85. The van der Waals surface area contributed by atoms with E-state index in [2.05, 4.69) is 16.1 Å². The van der Waals surface area contributed by atoms with E-state index in [1.165, 1.54) is 21.1 Å². The monoisotopic (exact) mass is 258 g/mol. The first-order valence-corrected chi connectivity index (χ1v) is 5.35. The van der Waals surface area contributed by atoms with E-state index in [-0.39, 0.29) is 12.0 Å². The van der Waals surface area contributed by atoms with Crippen molar-refractivity contribution in [2.45, 2.75) is 26.4 Å². The first-order valence-electron chi connectivity index (χ1n) is 5.35. The van der Waals surface area contributed by atoms with Crippen molar-refractivity contribution < 1.29 is 28.6 Å². The van der Waals surface area contributed by atoms with Crippen molar-refractivity contribution in [2.75, 3.05) is 14.2 Å². The van der Waals surface area contributed by atoms with Gasteiger partial charge in [0.2, 0.25) is 0 Å². The number of methoxy groups -OCH3 is 2. The van der Waals surface area contributed by atoms with Crippen molar-refractivity contribution in [3.05, 3.63) is 12.2 Å². The average molecular weight is 258 g/mol. The third-order valence-corrected chi connectivity index (χ3v) is 2.23. The molecular formula is C12H18O6. The molecular weight excluding hydrogens is 240 g/mol. The molecule has 2 unspecified atom stereocenters.